The van der Waals surface area contributed by atoms with E-state index in [1.807, 2.05) is 41.0 Å². The number of ether oxygens (including phenoxy) is 1. The van der Waals surface area contributed by atoms with Crippen molar-refractivity contribution in [2.75, 3.05) is 6.61 Å². The monoisotopic (exact) mass is 326 g/mol. The van der Waals surface area contributed by atoms with Crippen LogP contribution in [0.15, 0.2) is 36.4 Å². The minimum absolute atomic E-state index is 0.0243. The molecule has 6 nitrogen and oxygen atoms in total. The van der Waals surface area contributed by atoms with Crippen LogP contribution in [0.25, 0.3) is 21.8 Å². The number of carbonyl (C=O) groups excluding carboxylic acids is 1. The highest BCUT2D eigenvalue weighted by molar-refractivity contribution is 6.04. The Bertz CT molecular complexity index is 914. The van der Waals surface area contributed by atoms with Crippen LogP contribution in [0.1, 0.15) is 19.2 Å². The summed E-state index contributed by atoms with van der Waals surface area (Å²) in [4.78, 5) is 27.4. The summed E-state index contributed by atoms with van der Waals surface area (Å²) >= 11 is 0. The molecule has 0 aliphatic heterocycles. The van der Waals surface area contributed by atoms with Crippen molar-refractivity contribution in [3.63, 3.8) is 0 Å². The van der Waals surface area contributed by atoms with Crippen LogP contribution in [0.5, 0.6) is 0 Å². The lowest BCUT2D eigenvalue weighted by atomic mass is 10.1. The lowest BCUT2D eigenvalue weighted by Crippen LogP contribution is -2.14. The lowest BCUT2D eigenvalue weighted by Gasteiger charge is -2.09. The molecule has 0 fully saturated rings. The van der Waals surface area contributed by atoms with Gasteiger partial charge >= 0.3 is 11.9 Å². The van der Waals surface area contributed by atoms with E-state index >= 15 is 0 Å². The number of aliphatic carboxylic acids is 1. The second-order valence-corrected chi connectivity index (χ2v) is 5.46. The quantitative estimate of drug-likeness (QED) is 0.704. The number of imidazole rings is 1. The molecular formula is C18H18N2O4. The van der Waals surface area contributed by atoms with E-state index in [1.54, 1.807) is 6.92 Å². The number of esters is 1. The van der Waals surface area contributed by atoms with Gasteiger partial charge < -0.3 is 14.4 Å². The van der Waals surface area contributed by atoms with Crippen LogP contribution >= 0.6 is 0 Å². The maximum Gasteiger partial charge on any atom is 0.313 e. The average Bonchev–Trinajstić information content (AvgIpc) is 2.90. The molecule has 0 spiro atoms. The molecule has 1 heterocycles. The summed E-state index contributed by atoms with van der Waals surface area (Å²) < 4.78 is 6.82. The van der Waals surface area contributed by atoms with E-state index < -0.39 is 5.97 Å². The molecule has 0 saturated carbocycles. The smallest absolute Gasteiger partial charge is 0.313 e. The first-order valence-electron chi connectivity index (χ1n) is 7.84. The SMILES string of the molecule is CCOC(=O)Cc1nc2ccc3ccccc3c2n1CCC(=O)O. The molecule has 2 aromatic carbocycles. The molecule has 0 saturated heterocycles. The Balaban J connectivity index is 2.15. The molecule has 0 atom stereocenters. The predicted molar refractivity (Wildman–Crippen MR) is 89.8 cm³/mol. The Labute approximate surface area is 138 Å². The van der Waals surface area contributed by atoms with Gasteiger partial charge in [-0.15, -0.1) is 0 Å². The summed E-state index contributed by atoms with van der Waals surface area (Å²) in [6, 6.07) is 11.7. The van der Waals surface area contributed by atoms with Crippen LogP contribution in [-0.2, 0) is 27.3 Å². The van der Waals surface area contributed by atoms with Gasteiger partial charge in [0.05, 0.1) is 24.1 Å². The average molecular weight is 326 g/mol. The van der Waals surface area contributed by atoms with E-state index in [2.05, 4.69) is 4.98 Å². The van der Waals surface area contributed by atoms with Crippen LogP contribution in [0.2, 0.25) is 0 Å². The van der Waals surface area contributed by atoms with Crippen LogP contribution < -0.4 is 0 Å². The summed E-state index contributed by atoms with van der Waals surface area (Å²) in [7, 11) is 0. The standard InChI is InChI=1S/C18H18N2O4/c1-2-24-17(23)11-15-19-14-8-7-12-5-3-4-6-13(12)18(14)20(15)10-9-16(21)22/h3-8H,2,9-11H2,1H3,(H,21,22). The number of carboxylic acid groups (broad SMARTS) is 1. The number of aryl methyl sites for hydroxylation is 1. The van der Waals surface area contributed by atoms with Gasteiger partial charge in [-0.25, -0.2) is 4.98 Å². The first-order valence-corrected chi connectivity index (χ1v) is 7.84. The molecular weight excluding hydrogens is 308 g/mol. The van der Waals surface area contributed by atoms with Crippen molar-refractivity contribution >= 4 is 33.7 Å². The van der Waals surface area contributed by atoms with Crippen molar-refractivity contribution in [3.05, 3.63) is 42.2 Å². The Kier molecular flexibility index (Phi) is 4.46. The van der Waals surface area contributed by atoms with Crippen LogP contribution in [-0.4, -0.2) is 33.2 Å². The van der Waals surface area contributed by atoms with E-state index in [-0.39, 0.29) is 25.4 Å². The second-order valence-electron chi connectivity index (χ2n) is 5.46. The zero-order chi connectivity index (χ0) is 17.1. The van der Waals surface area contributed by atoms with E-state index in [0.29, 0.717) is 12.4 Å². The van der Waals surface area contributed by atoms with E-state index in [4.69, 9.17) is 9.84 Å². The summed E-state index contributed by atoms with van der Waals surface area (Å²) in [5.74, 6) is -0.728. The van der Waals surface area contributed by atoms with Gasteiger partial charge in [-0.1, -0.05) is 30.3 Å². The van der Waals surface area contributed by atoms with Gasteiger partial charge in [-0.3, -0.25) is 9.59 Å². The number of fused-ring (bicyclic) bond motifs is 3. The molecule has 1 N–H and O–H groups in total. The number of carboxylic acids is 1. The van der Waals surface area contributed by atoms with Crippen molar-refractivity contribution in [1.82, 2.24) is 9.55 Å². The molecule has 6 heteroatoms. The van der Waals surface area contributed by atoms with Crippen LogP contribution in [0.4, 0.5) is 0 Å². The maximum absolute atomic E-state index is 11.9. The minimum atomic E-state index is -0.890. The normalized spacial score (nSPS) is 11.0. The number of hydrogen-bond donors (Lipinski definition) is 1. The van der Waals surface area contributed by atoms with Crippen molar-refractivity contribution in [1.29, 1.82) is 0 Å². The van der Waals surface area contributed by atoms with Gasteiger partial charge in [0.1, 0.15) is 12.2 Å². The molecule has 3 rings (SSSR count). The highest BCUT2D eigenvalue weighted by atomic mass is 16.5. The zero-order valence-corrected chi connectivity index (χ0v) is 13.4. The van der Waals surface area contributed by atoms with Gasteiger partial charge in [-0.05, 0) is 18.4 Å². The number of nitrogens with zero attached hydrogens (tertiary/aromatic N) is 2. The third-order valence-corrected chi connectivity index (χ3v) is 3.87. The molecule has 0 amide bonds. The number of rotatable bonds is 6. The van der Waals surface area contributed by atoms with Crippen molar-refractivity contribution in [2.24, 2.45) is 0 Å². The van der Waals surface area contributed by atoms with E-state index in [9.17, 15) is 9.59 Å². The zero-order valence-electron chi connectivity index (χ0n) is 13.4. The van der Waals surface area contributed by atoms with Gasteiger partial charge in [0.2, 0.25) is 0 Å². The fraction of sp³-hybridized carbons (Fsp3) is 0.278. The Morgan fingerprint density at radius 1 is 1.21 bits per heavy atom. The summed E-state index contributed by atoms with van der Waals surface area (Å²) in [6.45, 7) is 2.31. The Morgan fingerprint density at radius 3 is 2.75 bits per heavy atom. The molecule has 0 aliphatic rings. The van der Waals surface area contributed by atoms with E-state index in [0.717, 1.165) is 21.8 Å². The third-order valence-electron chi connectivity index (χ3n) is 3.87. The summed E-state index contributed by atoms with van der Waals surface area (Å²) in [6.07, 6.45) is -0.0129. The molecule has 1 aromatic heterocycles. The Hall–Kier alpha value is -2.89. The number of aromatic nitrogens is 2. The highest BCUT2D eigenvalue weighted by Gasteiger charge is 2.17. The lowest BCUT2D eigenvalue weighted by molar-refractivity contribution is -0.142. The van der Waals surface area contributed by atoms with Crippen LogP contribution in [0.3, 0.4) is 0 Å². The van der Waals surface area contributed by atoms with E-state index in [1.165, 1.54) is 0 Å². The van der Waals surface area contributed by atoms with Crippen molar-refractivity contribution in [2.45, 2.75) is 26.3 Å². The van der Waals surface area contributed by atoms with Crippen molar-refractivity contribution < 1.29 is 19.4 Å². The molecule has 0 bridgehead atoms. The van der Waals surface area contributed by atoms with Crippen molar-refractivity contribution in [3.8, 4) is 0 Å². The highest BCUT2D eigenvalue weighted by Crippen LogP contribution is 2.27. The van der Waals surface area contributed by atoms with Gasteiger partial charge in [0, 0.05) is 11.9 Å². The molecule has 0 radical (unpaired) electrons. The first kappa shape index (κ1) is 16.0. The number of hydrogen-bond acceptors (Lipinski definition) is 4. The van der Waals surface area contributed by atoms with Gasteiger partial charge in [-0.2, -0.15) is 0 Å². The molecule has 0 unspecified atom stereocenters. The number of carbonyl (C=O) groups is 2. The topological polar surface area (TPSA) is 81.4 Å². The summed E-state index contributed by atoms with van der Waals surface area (Å²) in [5, 5.41) is 11.1. The Morgan fingerprint density at radius 2 is 2.00 bits per heavy atom. The van der Waals surface area contributed by atoms with Gasteiger partial charge in [0.15, 0.2) is 0 Å². The van der Waals surface area contributed by atoms with Gasteiger partial charge in [0.25, 0.3) is 0 Å². The van der Waals surface area contributed by atoms with Crippen LogP contribution in [0, 0.1) is 0 Å². The minimum Gasteiger partial charge on any atom is -0.481 e. The molecule has 124 valence electrons. The first-order chi connectivity index (χ1) is 11.6. The summed E-state index contributed by atoms with van der Waals surface area (Å²) in [5.41, 5.74) is 1.60. The number of benzene rings is 2. The maximum atomic E-state index is 11.9. The fourth-order valence-electron chi connectivity index (χ4n) is 2.87. The fourth-order valence-corrected chi connectivity index (χ4v) is 2.87. The predicted octanol–water partition coefficient (Wildman–Crippen LogP) is 2.77. The molecule has 3 aromatic rings. The third kappa shape index (κ3) is 3.08. The molecule has 24 heavy (non-hydrogen) atoms. The molecule has 0 aliphatic carbocycles. The largest absolute Gasteiger partial charge is 0.481 e. The second kappa shape index (κ2) is 6.70.